The molecule has 1 fully saturated rings. The normalized spacial score (nSPS) is 23.9. The van der Waals surface area contributed by atoms with Gasteiger partial charge in [-0.05, 0) is 32.1 Å². The van der Waals surface area contributed by atoms with Crippen molar-refractivity contribution in [3.63, 3.8) is 0 Å². The minimum absolute atomic E-state index is 0.102. The van der Waals surface area contributed by atoms with Crippen LogP contribution in [-0.2, 0) is 0 Å². The number of rotatable bonds is 3. The van der Waals surface area contributed by atoms with Crippen molar-refractivity contribution in [3.05, 3.63) is 0 Å². The molecule has 0 aromatic rings. The minimum atomic E-state index is 0.102. The minimum Gasteiger partial charge on any atom is -0.335 e. The van der Waals surface area contributed by atoms with E-state index in [0.717, 1.165) is 19.5 Å². The van der Waals surface area contributed by atoms with E-state index in [1.165, 1.54) is 19.3 Å². The fourth-order valence-corrected chi connectivity index (χ4v) is 2.51. The van der Waals surface area contributed by atoms with Crippen molar-refractivity contribution in [2.75, 3.05) is 13.1 Å². The maximum Gasteiger partial charge on any atom is 0.317 e. The van der Waals surface area contributed by atoms with E-state index in [1.807, 2.05) is 18.7 Å². The van der Waals surface area contributed by atoms with Crippen LogP contribution < -0.4 is 5.32 Å². The van der Waals surface area contributed by atoms with Gasteiger partial charge in [-0.25, -0.2) is 4.79 Å². The molecule has 0 aromatic heterocycles. The van der Waals surface area contributed by atoms with Gasteiger partial charge < -0.3 is 10.2 Å². The maximum atomic E-state index is 12.0. The summed E-state index contributed by atoms with van der Waals surface area (Å²) in [6.45, 7) is 10.1. The average Bonchev–Trinajstić information content (AvgIpc) is 2.23. The average molecular weight is 226 g/mol. The molecule has 0 bridgehead atoms. The summed E-state index contributed by atoms with van der Waals surface area (Å²) < 4.78 is 0. The molecule has 1 rings (SSSR count). The summed E-state index contributed by atoms with van der Waals surface area (Å²) in [6.07, 6.45) is 4.88. The quantitative estimate of drug-likeness (QED) is 0.788. The Bertz CT molecular complexity index is 234. The highest BCUT2D eigenvalue weighted by Gasteiger charge is 2.33. The van der Waals surface area contributed by atoms with Crippen LogP contribution in [0.2, 0.25) is 0 Å². The lowest BCUT2D eigenvalue weighted by Gasteiger charge is -2.39. The molecule has 1 atom stereocenters. The van der Waals surface area contributed by atoms with Crippen molar-refractivity contribution in [3.8, 4) is 0 Å². The molecule has 94 valence electrons. The Hall–Kier alpha value is -0.730. The van der Waals surface area contributed by atoms with Crippen LogP contribution in [-0.4, -0.2) is 30.1 Å². The zero-order valence-electron chi connectivity index (χ0n) is 11.2. The number of urea groups is 1. The van der Waals surface area contributed by atoms with E-state index < -0.39 is 0 Å². The van der Waals surface area contributed by atoms with Gasteiger partial charge in [0.15, 0.2) is 0 Å². The lowest BCUT2D eigenvalue weighted by Crippen LogP contribution is -2.51. The number of carbonyl (C=O) groups is 1. The van der Waals surface area contributed by atoms with Crippen LogP contribution >= 0.6 is 0 Å². The molecular weight excluding hydrogens is 200 g/mol. The molecule has 1 aliphatic carbocycles. The van der Waals surface area contributed by atoms with Crippen LogP contribution in [0.3, 0.4) is 0 Å². The highest BCUT2D eigenvalue weighted by Crippen LogP contribution is 2.35. The van der Waals surface area contributed by atoms with Gasteiger partial charge in [-0.1, -0.05) is 26.7 Å². The molecular formula is C13H26N2O. The predicted molar refractivity (Wildman–Crippen MR) is 67.5 cm³/mol. The molecule has 0 aliphatic heterocycles. The first-order valence-corrected chi connectivity index (χ1v) is 6.56. The summed E-state index contributed by atoms with van der Waals surface area (Å²) in [6, 6.07) is 0.444. The van der Waals surface area contributed by atoms with E-state index >= 15 is 0 Å². The third kappa shape index (κ3) is 3.13. The summed E-state index contributed by atoms with van der Waals surface area (Å²) in [4.78, 5) is 13.8. The molecule has 0 saturated heterocycles. The van der Waals surface area contributed by atoms with E-state index in [1.54, 1.807) is 0 Å². The third-order valence-corrected chi connectivity index (χ3v) is 3.86. The Labute approximate surface area is 99.6 Å². The number of carbonyl (C=O) groups excluding carboxylic acids is 1. The monoisotopic (exact) mass is 226 g/mol. The fourth-order valence-electron chi connectivity index (χ4n) is 2.51. The van der Waals surface area contributed by atoms with Gasteiger partial charge in [0.25, 0.3) is 0 Å². The fraction of sp³-hybridized carbons (Fsp3) is 0.923. The molecule has 0 radical (unpaired) electrons. The van der Waals surface area contributed by atoms with Gasteiger partial charge in [0.05, 0.1) is 0 Å². The molecule has 0 aromatic carbocycles. The Kier molecular flexibility index (Phi) is 4.63. The Morgan fingerprint density at radius 2 is 1.94 bits per heavy atom. The summed E-state index contributed by atoms with van der Waals surface area (Å²) in [7, 11) is 0. The Morgan fingerprint density at radius 1 is 1.31 bits per heavy atom. The SMILES string of the molecule is CCN(CC)C(=O)NC1CCCCC1(C)C. The van der Waals surface area contributed by atoms with Crippen molar-refractivity contribution in [2.24, 2.45) is 5.41 Å². The van der Waals surface area contributed by atoms with Gasteiger partial charge in [0.2, 0.25) is 0 Å². The molecule has 3 nitrogen and oxygen atoms in total. The third-order valence-electron chi connectivity index (χ3n) is 3.86. The first kappa shape index (κ1) is 13.3. The van der Waals surface area contributed by atoms with Gasteiger partial charge in [-0.15, -0.1) is 0 Å². The molecule has 3 heteroatoms. The van der Waals surface area contributed by atoms with Crippen LogP contribution in [0.4, 0.5) is 4.79 Å². The van der Waals surface area contributed by atoms with Crippen molar-refractivity contribution in [1.29, 1.82) is 0 Å². The van der Waals surface area contributed by atoms with E-state index in [2.05, 4.69) is 19.2 Å². The van der Waals surface area contributed by atoms with Crippen LogP contribution in [0, 0.1) is 5.41 Å². The molecule has 0 heterocycles. The summed E-state index contributed by atoms with van der Waals surface area (Å²) in [5.41, 5.74) is 0.251. The van der Waals surface area contributed by atoms with Gasteiger partial charge in [0, 0.05) is 19.1 Å². The van der Waals surface area contributed by atoms with Crippen molar-refractivity contribution in [2.45, 2.75) is 59.4 Å². The second kappa shape index (κ2) is 5.55. The molecule has 2 amide bonds. The van der Waals surface area contributed by atoms with Crippen molar-refractivity contribution < 1.29 is 4.79 Å². The summed E-state index contributed by atoms with van der Waals surface area (Å²) in [5.74, 6) is 0. The van der Waals surface area contributed by atoms with Gasteiger partial charge in [-0.2, -0.15) is 0 Å². The van der Waals surface area contributed by atoms with Gasteiger partial charge in [-0.3, -0.25) is 0 Å². The summed E-state index contributed by atoms with van der Waals surface area (Å²) >= 11 is 0. The predicted octanol–water partition coefficient (Wildman–Crippen LogP) is 3.01. The highest BCUT2D eigenvalue weighted by molar-refractivity contribution is 5.74. The Morgan fingerprint density at radius 3 is 2.44 bits per heavy atom. The van der Waals surface area contributed by atoms with Crippen molar-refractivity contribution in [1.82, 2.24) is 10.2 Å². The topological polar surface area (TPSA) is 32.3 Å². The number of hydrogen-bond acceptors (Lipinski definition) is 1. The highest BCUT2D eigenvalue weighted by atomic mass is 16.2. The lowest BCUT2D eigenvalue weighted by atomic mass is 9.73. The van der Waals surface area contributed by atoms with Crippen LogP contribution in [0.1, 0.15) is 53.4 Å². The first-order chi connectivity index (χ1) is 7.51. The van der Waals surface area contributed by atoms with Gasteiger partial charge in [0.1, 0.15) is 0 Å². The largest absolute Gasteiger partial charge is 0.335 e. The first-order valence-electron chi connectivity index (χ1n) is 6.56. The molecule has 1 N–H and O–H groups in total. The molecule has 1 aliphatic rings. The maximum absolute atomic E-state index is 12.0. The molecule has 0 spiro atoms. The van der Waals surface area contributed by atoms with E-state index in [4.69, 9.17) is 0 Å². The number of nitrogens with zero attached hydrogens (tertiary/aromatic N) is 1. The Balaban J connectivity index is 2.55. The zero-order valence-corrected chi connectivity index (χ0v) is 11.2. The van der Waals surface area contributed by atoms with Gasteiger partial charge >= 0.3 is 6.03 Å². The van der Waals surface area contributed by atoms with E-state index in [9.17, 15) is 4.79 Å². The van der Waals surface area contributed by atoms with E-state index in [0.29, 0.717) is 6.04 Å². The smallest absolute Gasteiger partial charge is 0.317 e. The standard InChI is InChI=1S/C13H26N2O/c1-5-15(6-2)12(16)14-11-9-7-8-10-13(11,3)4/h11H,5-10H2,1-4H3,(H,14,16). The zero-order chi connectivity index (χ0) is 12.2. The molecule has 1 unspecified atom stereocenters. The second-order valence-corrected chi connectivity index (χ2v) is 5.41. The number of hydrogen-bond donors (Lipinski definition) is 1. The number of amides is 2. The van der Waals surface area contributed by atoms with Crippen LogP contribution in [0.15, 0.2) is 0 Å². The summed E-state index contributed by atoms with van der Waals surface area (Å²) in [5, 5.41) is 3.20. The number of nitrogens with one attached hydrogen (secondary N) is 1. The van der Waals surface area contributed by atoms with Crippen LogP contribution in [0.5, 0.6) is 0 Å². The lowest BCUT2D eigenvalue weighted by molar-refractivity contribution is 0.150. The van der Waals surface area contributed by atoms with Crippen molar-refractivity contribution >= 4 is 6.03 Å². The molecule has 16 heavy (non-hydrogen) atoms. The van der Waals surface area contributed by atoms with E-state index in [-0.39, 0.29) is 11.4 Å². The second-order valence-electron chi connectivity index (χ2n) is 5.41. The molecule has 1 saturated carbocycles. The van der Waals surface area contributed by atoms with Crippen LogP contribution in [0.25, 0.3) is 0 Å².